The number of benzene rings is 1. The molecule has 0 heterocycles. The number of unbranched alkanes of at least 4 members (excludes halogenated alkanes) is 15. The SMILES string of the molecule is CCCCCCCCCCCC(=NO)c1ccc(OCCCCCCCCCC)cc1O. The van der Waals surface area contributed by atoms with Gasteiger partial charge in [-0.25, -0.2) is 0 Å². The molecule has 2 N–H and O–H groups in total. The van der Waals surface area contributed by atoms with Gasteiger partial charge in [0.15, 0.2) is 0 Å². The summed E-state index contributed by atoms with van der Waals surface area (Å²) in [5.74, 6) is 0.803. The second-order valence-corrected chi connectivity index (χ2v) is 9.13. The topological polar surface area (TPSA) is 62.1 Å². The lowest BCUT2D eigenvalue weighted by atomic mass is 10.0. The maximum Gasteiger partial charge on any atom is 0.128 e. The summed E-state index contributed by atoms with van der Waals surface area (Å²) in [6.45, 7) is 5.17. The Morgan fingerprint density at radius 2 is 1.22 bits per heavy atom. The first-order valence-electron chi connectivity index (χ1n) is 13.4. The Morgan fingerprint density at radius 1 is 0.719 bits per heavy atom. The van der Waals surface area contributed by atoms with Gasteiger partial charge in [0, 0.05) is 11.6 Å². The molecule has 0 atom stereocenters. The Labute approximate surface area is 197 Å². The quantitative estimate of drug-likeness (QED) is 0.0855. The van der Waals surface area contributed by atoms with Crippen LogP contribution >= 0.6 is 0 Å². The van der Waals surface area contributed by atoms with E-state index in [2.05, 4.69) is 19.0 Å². The lowest BCUT2D eigenvalue weighted by Gasteiger charge is -2.11. The Hall–Kier alpha value is -1.71. The average molecular weight is 448 g/mol. The lowest BCUT2D eigenvalue weighted by Crippen LogP contribution is -2.03. The predicted octanol–water partition coefficient (Wildman–Crippen LogP) is 9.01. The van der Waals surface area contributed by atoms with Crippen molar-refractivity contribution in [3.8, 4) is 11.5 Å². The number of rotatable bonds is 21. The number of hydrogen-bond donors (Lipinski definition) is 2. The number of phenols is 1. The van der Waals surface area contributed by atoms with Crippen molar-refractivity contribution >= 4 is 5.71 Å². The zero-order valence-corrected chi connectivity index (χ0v) is 20.9. The van der Waals surface area contributed by atoms with Crippen molar-refractivity contribution < 1.29 is 15.1 Å². The minimum Gasteiger partial charge on any atom is -0.507 e. The van der Waals surface area contributed by atoms with Crippen molar-refractivity contribution in [3.05, 3.63) is 23.8 Å². The Kier molecular flexibility index (Phi) is 17.6. The fourth-order valence-electron chi connectivity index (χ4n) is 4.11. The predicted molar refractivity (Wildman–Crippen MR) is 136 cm³/mol. The summed E-state index contributed by atoms with van der Waals surface area (Å²) in [4.78, 5) is 0. The maximum atomic E-state index is 10.4. The number of nitrogens with zero attached hydrogens (tertiary/aromatic N) is 1. The molecule has 0 saturated carbocycles. The normalized spacial score (nSPS) is 11.8. The molecule has 0 aliphatic carbocycles. The van der Waals surface area contributed by atoms with Crippen LogP contribution in [0.1, 0.15) is 135 Å². The molecule has 0 amide bonds. The van der Waals surface area contributed by atoms with Gasteiger partial charge in [0.25, 0.3) is 0 Å². The summed E-state index contributed by atoms with van der Waals surface area (Å²) in [5.41, 5.74) is 1.16. The number of phenolic OH excluding ortho intramolecular Hbond substituents is 1. The molecule has 1 rings (SSSR count). The van der Waals surface area contributed by atoms with Gasteiger partial charge in [-0.2, -0.15) is 0 Å². The highest BCUT2D eigenvalue weighted by Gasteiger charge is 2.11. The molecule has 0 saturated heterocycles. The van der Waals surface area contributed by atoms with E-state index in [1.54, 1.807) is 12.1 Å². The van der Waals surface area contributed by atoms with E-state index in [9.17, 15) is 10.3 Å². The highest BCUT2D eigenvalue weighted by atomic mass is 16.5. The van der Waals surface area contributed by atoms with Gasteiger partial charge in [-0.3, -0.25) is 0 Å². The van der Waals surface area contributed by atoms with E-state index >= 15 is 0 Å². The minimum absolute atomic E-state index is 0.127. The summed E-state index contributed by atoms with van der Waals surface area (Å²) in [6.07, 6.45) is 22.1. The van der Waals surface area contributed by atoms with Gasteiger partial charge in [0.2, 0.25) is 0 Å². The van der Waals surface area contributed by atoms with Crippen LogP contribution in [0.25, 0.3) is 0 Å². The second kappa shape index (κ2) is 19.9. The molecule has 0 unspecified atom stereocenters. The van der Waals surface area contributed by atoms with E-state index in [1.165, 1.54) is 89.9 Å². The summed E-state index contributed by atoms with van der Waals surface area (Å²) >= 11 is 0. The van der Waals surface area contributed by atoms with Crippen LogP contribution in [0.5, 0.6) is 11.5 Å². The molecule has 0 spiro atoms. The van der Waals surface area contributed by atoms with E-state index in [0.29, 0.717) is 30.1 Å². The molecule has 0 radical (unpaired) electrons. The van der Waals surface area contributed by atoms with Crippen LogP contribution in [0, 0.1) is 0 Å². The Morgan fingerprint density at radius 3 is 1.72 bits per heavy atom. The summed E-state index contributed by atoms with van der Waals surface area (Å²) in [6, 6.07) is 5.31. The third-order valence-electron chi connectivity index (χ3n) is 6.18. The zero-order valence-electron chi connectivity index (χ0n) is 20.9. The fourth-order valence-corrected chi connectivity index (χ4v) is 4.11. The highest BCUT2D eigenvalue weighted by molar-refractivity contribution is 6.02. The first-order chi connectivity index (χ1) is 15.7. The van der Waals surface area contributed by atoms with Gasteiger partial charge in [-0.05, 0) is 31.4 Å². The van der Waals surface area contributed by atoms with E-state index in [-0.39, 0.29) is 5.75 Å². The number of aromatic hydroxyl groups is 1. The fraction of sp³-hybridized carbons (Fsp3) is 0.750. The molecule has 0 fully saturated rings. The van der Waals surface area contributed by atoms with Crippen molar-refractivity contribution in [2.75, 3.05) is 6.61 Å². The van der Waals surface area contributed by atoms with Gasteiger partial charge in [0.1, 0.15) is 11.5 Å². The van der Waals surface area contributed by atoms with Crippen molar-refractivity contribution in [3.63, 3.8) is 0 Å². The van der Waals surface area contributed by atoms with Crippen LogP contribution in [-0.4, -0.2) is 22.6 Å². The van der Waals surface area contributed by atoms with Crippen LogP contribution in [0.3, 0.4) is 0 Å². The second-order valence-electron chi connectivity index (χ2n) is 9.13. The van der Waals surface area contributed by atoms with Crippen molar-refractivity contribution in [2.45, 2.75) is 129 Å². The third-order valence-corrected chi connectivity index (χ3v) is 6.18. The largest absolute Gasteiger partial charge is 0.507 e. The molecule has 32 heavy (non-hydrogen) atoms. The molecular formula is C28H49NO3. The molecule has 0 aliphatic rings. The molecule has 4 nitrogen and oxygen atoms in total. The van der Waals surface area contributed by atoms with E-state index in [4.69, 9.17) is 4.74 Å². The standard InChI is InChI=1S/C28H49NO3/c1-3-5-7-9-11-13-14-16-18-20-27(29-31)26-22-21-25(24-28(26)30)32-23-19-17-15-12-10-8-6-4-2/h21-22,24,30-31H,3-20,23H2,1-2H3. The number of ether oxygens (including phenoxy) is 1. The van der Waals surface area contributed by atoms with Crippen LogP contribution < -0.4 is 4.74 Å². The molecule has 0 bridgehead atoms. The molecule has 184 valence electrons. The molecule has 0 aliphatic heterocycles. The van der Waals surface area contributed by atoms with Gasteiger partial charge < -0.3 is 15.1 Å². The van der Waals surface area contributed by atoms with E-state index < -0.39 is 0 Å². The Balaban J connectivity index is 2.22. The van der Waals surface area contributed by atoms with Gasteiger partial charge >= 0.3 is 0 Å². The lowest BCUT2D eigenvalue weighted by molar-refractivity contribution is 0.302. The van der Waals surface area contributed by atoms with E-state index in [1.807, 2.05) is 6.07 Å². The molecule has 1 aromatic carbocycles. The molecule has 4 heteroatoms. The first-order valence-corrected chi connectivity index (χ1v) is 13.4. The van der Waals surface area contributed by atoms with E-state index in [0.717, 1.165) is 19.3 Å². The summed E-state index contributed by atoms with van der Waals surface area (Å²) < 4.78 is 5.80. The molecular weight excluding hydrogens is 398 g/mol. The average Bonchev–Trinajstić information content (AvgIpc) is 2.80. The first kappa shape index (κ1) is 28.3. The van der Waals surface area contributed by atoms with Gasteiger partial charge in [-0.15, -0.1) is 0 Å². The molecule has 0 aromatic heterocycles. The molecule has 1 aromatic rings. The highest BCUT2D eigenvalue weighted by Crippen LogP contribution is 2.26. The van der Waals surface area contributed by atoms with Crippen molar-refractivity contribution in [2.24, 2.45) is 5.16 Å². The third kappa shape index (κ3) is 13.6. The van der Waals surface area contributed by atoms with Crippen molar-refractivity contribution in [1.29, 1.82) is 0 Å². The maximum absolute atomic E-state index is 10.4. The summed E-state index contributed by atoms with van der Waals surface area (Å²) in [5, 5.41) is 23.3. The summed E-state index contributed by atoms with van der Waals surface area (Å²) in [7, 11) is 0. The zero-order chi connectivity index (χ0) is 23.3. The van der Waals surface area contributed by atoms with Crippen LogP contribution in [0.4, 0.5) is 0 Å². The number of oxime groups is 1. The monoisotopic (exact) mass is 447 g/mol. The van der Waals surface area contributed by atoms with Gasteiger partial charge in [-0.1, -0.05) is 115 Å². The van der Waals surface area contributed by atoms with Crippen LogP contribution in [0.15, 0.2) is 23.4 Å². The number of hydrogen-bond acceptors (Lipinski definition) is 4. The van der Waals surface area contributed by atoms with Crippen LogP contribution in [-0.2, 0) is 0 Å². The minimum atomic E-state index is 0.127. The van der Waals surface area contributed by atoms with Crippen molar-refractivity contribution in [1.82, 2.24) is 0 Å². The smallest absolute Gasteiger partial charge is 0.128 e. The van der Waals surface area contributed by atoms with Gasteiger partial charge in [0.05, 0.1) is 12.3 Å². The van der Waals surface area contributed by atoms with Crippen LogP contribution in [0.2, 0.25) is 0 Å². The Bertz CT molecular complexity index is 600.